The van der Waals surface area contributed by atoms with Crippen molar-refractivity contribution in [1.29, 1.82) is 5.26 Å². The number of allylic oxidation sites excluding steroid dienone is 1. The zero-order valence-electron chi connectivity index (χ0n) is 4.44. The number of rotatable bonds is 0. The Morgan fingerprint density at radius 1 is 1.71 bits per heavy atom. The average molecular weight is 94.1 g/mol. The molecule has 0 saturated heterocycles. The van der Waals surface area contributed by atoms with Gasteiger partial charge >= 0.3 is 0 Å². The van der Waals surface area contributed by atoms with E-state index in [-0.39, 0.29) is 0 Å². The Hall–Kier alpha value is -1.03. The summed E-state index contributed by atoms with van der Waals surface area (Å²) >= 11 is 0. The van der Waals surface area contributed by atoms with Gasteiger partial charge in [-0.3, -0.25) is 0 Å². The van der Waals surface area contributed by atoms with Crippen LogP contribution in [0.4, 0.5) is 0 Å². The third-order valence-electron chi connectivity index (χ3n) is 0.191. The topological polar surface area (TPSA) is 23.8 Å². The lowest BCUT2D eigenvalue weighted by Gasteiger charge is -1.61. The van der Waals surface area contributed by atoms with Gasteiger partial charge in [-0.2, -0.15) is 5.26 Å². The molecule has 0 aromatic rings. The SMILES string of the molecule is C=C(C)C#N.[CH]=C. The Balaban J connectivity index is 0. The summed E-state index contributed by atoms with van der Waals surface area (Å²) in [4.78, 5) is 0. The third-order valence-corrected chi connectivity index (χ3v) is 0.191. The monoisotopic (exact) mass is 94.1 g/mol. The van der Waals surface area contributed by atoms with Gasteiger partial charge in [0.2, 0.25) is 0 Å². The van der Waals surface area contributed by atoms with Crippen LogP contribution in [0.25, 0.3) is 0 Å². The van der Waals surface area contributed by atoms with Crippen molar-refractivity contribution < 1.29 is 0 Å². The van der Waals surface area contributed by atoms with Gasteiger partial charge in [-0.15, -0.1) is 0 Å². The van der Waals surface area contributed by atoms with Crippen molar-refractivity contribution in [2.24, 2.45) is 0 Å². The van der Waals surface area contributed by atoms with Crippen molar-refractivity contribution in [3.05, 3.63) is 25.3 Å². The standard InChI is InChI=1S/C4H5N.C2H3/c1-4(2)3-5;1-2/h1H2,2H3;1H,2H2. The Bertz CT molecular complexity index is 86.8. The maximum Gasteiger partial charge on any atom is 0.0937 e. The van der Waals surface area contributed by atoms with Crippen LogP contribution < -0.4 is 0 Å². The van der Waals surface area contributed by atoms with E-state index in [9.17, 15) is 0 Å². The molecule has 0 aromatic carbocycles. The highest BCUT2D eigenvalue weighted by molar-refractivity contribution is 5.11. The zero-order valence-corrected chi connectivity index (χ0v) is 4.44. The smallest absolute Gasteiger partial charge is 0.0937 e. The lowest BCUT2D eigenvalue weighted by molar-refractivity contribution is 1.46. The summed E-state index contributed by atoms with van der Waals surface area (Å²) < 4.78 is 0. The molecule has 0 saturated carbocycles. The molecule has 0 bridgehead atoms. The summed E-state index contributed by atoms with van der Waals surface area (Å²) in [6.45, 7) is 12.0. The summed E-state index contributed by atoms with van der Waals surface area (Å²) in [5.74, 6) is 0. The first-order valence-corrected chi connectivity index (χ1v) is 1.74. The molecule has 0 spiro atoms. The van der Waals surface area contributed by atoms with E-state index in [0.717, 1.165) is 0 Å². The minimum Gasteiger partial charge on any atom is -0.193 e. The van der Waals surface area contributed by atoms with E-state index in [1.54, 1.807) is 6.92 Å². The molecule has 0 aliphatic carbocycles. The maximum absolute atomic E-state index is 7.79. The highest BCUT2D eigenvalue weighted by Crippen LogP contribution is 1.74. The van der Waals surface area contributed by atoms with Crippen LogP contribution in [0.15, 0.2) is 18.7 Å². The summed E-state index contributed by atoms with van der Waals surface area (Å²) in [7, 11) is 0. The number of nitriles is 1. The molecule has 0 atom stereocenters. The Labute approximate surface area is 44.6 Å². The highest BCUT2D eigenvalue weighted by atomic mass is 14.2. The molecule has 1 nitrogen and oxygen atoms in total. The van der Waals surface area contributed by atoms with Gasteiger partial charge in [0.05, 0.1) is 6.07 Å². The molecule has 7 heavy (non-hydrogen) atoms. The maximum atomic E-state index is 7.79. The fourth-order valence-electron chi connectivity index (χ4n) is 0. The first-order valence-electron chi connectivity index (χ1n) is 1.74. The summed E-state index contributed by atoms with van der Waals surface area (Å²) in [5.41, 5.74) is 0.560. The second-order valence-corrected chi connectivity index (χ2v) is 0.892. The molecule has 1 heteroatoms. The second kappa shape index (κ2) is 8.88. The molecular weight excluding hydrogens is 86.1 g/mol. The minimum atomic E-state index is 0.560. The van der Waals surface area contributed by atoms with Crippen molar-refractivity contribution in [2.75, 3.05) is 0 Å². The first kappa shape index (κ1) is 9.36. The molecule has 0 unspecified atom stereocenters. The normalized spacial score (nSPS) is 4.57. The summed E-state index contributed by atoms with van der Waals surface area (Å²) in [5, 5.41) is 7.79. The van der Waals surface area contributed by atoms with Crippen LogP contribution in [0.3, 0.4) is 0 Å². The van der Waals surface area contributed by atoms with Crippen LogP contribution in [0.2, 0.25) is 0 Å². The quantitative estimate of drug-likeness (QED) is 0.419. The van der Waals surface area contributed by atoms with Gasteiger partial charge in [0.1, 0.15) is 0 Å². The zero-order chi connectivity index (χ0) is 6.28. The average Bonchev–Trinajstić information content (AvgIpc) is 1.73. The van der Waals surface area contributed by atoms with Crippen LogP contribution in [-0.2, 0) is 0 Å². The van der Waals surface area contributed by atoms with E-state index in [4.69, 9.17) is 5.26 Å². The molecule has 1 radical (unpaired) electrons. The van der Waals surface area contributed by atoms with Gasteiger partial charge in [0.15, 0.2) is 0 Å². The van der Waals surface area contributed by atoms with Gasteiger partial charge in [-0.1, -0.05) is 19.7 Å². The molecule has 0 aromatic heterocycles. The molecular formula is C6H8N. The van der Waals surface area contributed by atoms with E-state index >= 15 is 0 Å². The predicted molar refractivity (Wildman–Crippen MR) is 30.4 cm³/mol. The van der Waals surface area contributed by atoms with Gasteiger partial charge in [-0.25, -0.2) is 0 Å². The second-order valence-electron chi connectivity index (χ2n) is 0.892. The van der Waals surface area contributed by atoms with Crippen molar-refractivity contribution >= 4 is 0 Å². The molecule has 0 aliphatic rings. The van der Waals surface area contributed by atoms with E-state index in [2.05, 4.69) is 19.7 Å². The molecule has 0 rings (SSSR count). The molecule has 0 heterocycles. The predicted octanol–water partition coefficient (Wildman–Crippen LogP) is 1.69. The fourth-order valence-corrected chi connectivity index (χ4v) is 0. The molecule has 0 fully saturated rings. The molecule has 37 valence electrons. The van der Waals surface area contributed by atoms with Crippen molar-refractivity contribution in [2.45, 2.75) is 6.92 Å². The molecule has 0 N–H and O–H groups in total. The molecule has 0 amide bonds. The van der Waals surface area contributed by atoms with Crippen LogP contribution in [-0.4, -0.2) is 0 Å². The van der Waals surface area contributed by atoms with Gasteiger partial charge < -0.3 is 0 Å². The molecule has 0 aliphatic heterocycles. The Kier molecular flexibility index (Phi) is 11.9. The lowest BCUT2D eigenvalue weighted by Crippen LogP contribution is -1.51. The largest absolute Gasteiger partial charge is 0.193 e. The summed E-state index contributed by atoms with van der Waals surface area (Å²) in [6, 6.07) is 1.83. The van der Waals surface area contributed by atoms with Crippen LogP contribution in [0.5, 0.6) is 0 Å². The minimum absolute atomic E-state index is 0.560. The number of hydrogen-bond acceptors (Lipinski definition) is 1. The highest BCUT2D eigenvalue weighted by Gasteiger charge is 1.64. The van der Waals surface area contributed by atoms with Crippen LogP contribution >= 0.6 is 0 Å². The van der Waals surface area contributed by atoms with Gasteiger partial charge in [0, 0.05) is 5.57 Å². The lowest BCUT2D eigenvalue weighted by atomic mass is 10.4. The fraction of sp³-hybridized carbons (Fsp3) is 0.167. The van der Waals surface area contributed by atoms with Crippen molar-refractivity contribution in [1.82, 2.24) is 0 Å². The van der Waals surface area contributed by atoms with Crippen LogP contribution in [0, 0.1) is 17.9 Å². The number of hydrogen-bond donors (Lipinski definition) is 0. The van der Waals surface area contributed by atoms with Gasteiger partial charge in [-0.05, 0) is 6.92 Å². The van der Waals surface area contributed by atoms with E-state index in [1.165, 1.54) is 0 Å². The number of nitrogens with zero attached hydrogens (tertiary/aromatic N) is 1. The van der Waals surface area contributed by atoms with Crippen molar-refractivity contribution in [3.8, 4) is 6.07 Å². The Morgan fingerprint density at radius 2 is 1.86 bits per heavy atom. The van der Waals surface area contributed by atoms with E-state index in [1.807, 2.05) is 6.07 Å². The Morgan fingerprint density at radius 3 is 1.86 bits per heavy atom. The van der Waals surface area contributed by atoms with E-state index in [0.29, 0.717) is 5.57 Å². The van der Waals surface area contributed by atoms with Crippen molar-refractivity contribution in [3.63, 3.8) is 0 Å². The first-order chi connectivity index (χ1) is 3.27. The van der Waals surface area contributed by atoms with Crippen LogP contribution in [0.1, 0.15) is 6.92 Å². The van der Waals surface area contributed by atoms with Gasteiger partial charge in [0.25, 0.3) is 0 Å². The summed E-state index contributed by atoms with van der Waals surface area (Å²) in [6.07, 6.45) is 0. The van der Waals surface area contributed by atoms with E-state index < -0.39 is 0 Å². The third kappa shape index (κ3) is 46.6.